The Balaban J connectivity index is 1.19. The fourth-order valence-electron chi connectivity index (χ4n) is 5.48. The van der Waals surface area contributed by atoms with E-state index in [0.29, 0.717) is 29.7 Å². The molecule has 31 heavy (non-hydrogen) atoms. The van der Waals surface area contributed by atoms with Crippen LogP contribution in [0.5, 0.6) is 0 Å². The average molecular weight is 435 g/mol. The number of likely N-dealkylation sites (tertiary alicyclic amines) is 1. The van der Waals surface area contributed by atoms with Gasteiger partial charge >= 0.3 is 0 Å². The van der Waals surface area contributed by atoms with Crippen LogP contribution >= 0.6 is 0 Å². The summed E-state index contributed by atoms with van der Waals surface area (Å²) >= 11 is 0. The van der Waals surface area contributed by atoms with Gasteiger partial charge in [0.25, 0.3) is 5.92 Å². The molecule has 1 heterocycles. The van der Waals surface area contributed by atoms with Crippen LogP contribution in [0.25, 0.3) is 0 Å². The zero-order chi connectivity index (χ0) is 22.2. The third kappa shape index (κ3) is 5.14. The number of piperidine rings is 1. The van der Waals surface area contributed by atoms with Gasteiger partial charge in [0, 0.05) is 63.2 Å². The molecule has 1 amide bonds. The van der Waals surface area contributed by atoms with Crippen LogP contribution in [-0.2, 0) is 20.2 Å². The summed E-state index contributed by atoms with van der Waals surface area (Å²) in [5, 5.41) is 2.63. The van der Waals surface area contributed by atoms with Crippen LogP contribution in [-0.4, -0.2) is 48.9 Å². The van der Waals surface area contributed by atoms with Gasteiger partial charge in [0.15, 0.2) is 0 Å². The maximum absolute atomic E-state index is 13.4. The molecule has 2 aliphatic carbocycles. The van der Waals surface area contributed by atoms with E-state index in [2.05, 4.69) is 10.2 Å². The number of carbonyl (C=O) groups excluding carboxylic acids is 2. The second-order valence-electron chi connectivity index (χ2n) is 9.46. The van der Waals surface area contributed by atoms with E-state index < -0.39 is 5.92 Å². The van der Waals surface area contributed by atoms with E-state index in [-0.39, 0.29) is 36.0 Å². The average Bonchev–Trinajstić information content (AvgIpc) is 3.25. The van der Waals surface area contributed by atoms with Gasteiger partial charge in [-0.2, -0.15) is 0 Å². The largest absolute Gasteiger partial charge is 0.381 e. The molecular formula is C24H32F2N2O3. The Morgan fingerprint density at radius 2 is 1.81 bits per heavy atom. The van der Waals surface area contributed by atoms with Crippen LogP contribution in [0, 0.1) is 17.8 Å². The number of anilines is 1. The number of methoxy groups -OCH3 is 1. The molecule has 0 aromatic heterocycles. The molecule has 3 fully saturated rings. The van der Waals surface area contributed by atoms with Crippen molar-refractivity contribution in [3.8, 4) is 0 Å². The van der Waals surface area contributed by atoms with Crippen molar-refractivity contribution in [1.29, 1.82) is 0 Å². The molecular weight excluding hydrogens is 402 g/mol. The molecule has 1 unspecified atom stereocenters. The van der Waals surface area contributed by atoms with Crippen LogP contribution in [0.2, 0.25) is 0 Å². The minimum Gasteiger partial charge on any atom is -0.381 e. The Bertz CT molecular complexity index is 805. The minimum absolute atomic E-state index is 0.0895. The quantitative estimate of drug-likeness (QED) is 0.666. The number of hydrogen-bond acceptors (Lipinski definition) is 4. The maximum Gasteiger partial charge on any atom is 0.270 e. The molecule has 1 aromatic carbocycles. The lowest BCUT2D eigenvalue weighted by Gasteiger charge is -2.35. The topological polar surface area (TPSA) is 58.6 Å². The molecule has 1 aliphatic heterocycles. The summed E-state index contributed by atoms with van der Waals surface area (Å²) in [6.45, 7) is 2.81. The molecule has 7 heteroatoms. The van der Waals surface area contributed by atoms with Crippen molar-refractivity contribution in [2.24, 2.45) is 17.8 Å². The number of alkyl halides is 2. The number of ketones is 1. The Kier molecular flexibility index (Phi) is 6.44. The molecule has 4 rings (SSSR count). The van der Waals surface area contributed by atoms with Crippen molar-refractivity contribution < 1.29 is 23.1 Å². The molecule has 2 saturated carbocycles. The van der Waals surface area contributed by atoms with Gasteiger partial charge in [0.1, 0.15) is 5.78 Å². The van der Waals surface area contributed by atoms with E-state index in [1.54, 1.807) is 13.2 Å². The predicted octanol–water partition coefficient (Wildman–Crippen LogP) is 4.22. The van der Waals surface area contributed by atoms with Crippen molar-refractivity contribution >= 4 is 17.4 Å². The SMILES string of the molecule is COC1CCC(N2C[C@@H]3C(C(=O)CCC(=O)Nc4cccc(C(C)(F)F)c4)[C@@H]3C2)CC1. The number of carbonyl (C=O) groups is 2. The third-order valence-corrected chi connectivity index (χ3v) is 7.34. The van der Waals surface area contributed by atoms with Gasteiger partial charge in [0.05, 0.1) is 6.10 Å². The van der Waals surface area contributed by atoms with E-state index >= 15 is 0 Å². The van der Waals surface area contributed by atoms with E-state index in [4.69, 9.17) is 4.74 Å². The fourth-order valence-corrected chi connectivity index (χ4v) is 5.48. The molecule has 1 aromatic rings. The first kappa shape index (κ1) is 22.3. The van der Waals surface area contributed by atoms with Crippen molar-refractivity contribution in [2.75, 3.05) is 25.5 Å². The molecule has 0 bridgehead atoms. The van der Waals surface area contributed by atoms with Gasteiger partial charge in [-0.05, 0) is 49.7 Å². The third-order valence-electron chi connectivity index (χ3n) is 7.34. The van der Waals surface area contributed by atoms with Gasteiger partial charge in [-0.1, -0.05) is 12.1 Å². The Hall–Kier alpha value is -1.86. The number of fused-ring (bicyclic) bond motifs is 1. The van der Waals surface area contributed by atoms with Crippen molar-refractivity contribution in [1.82, 2.24) is 4.90 Å². The highest BCUT2D eigenvalue weighted by Gasteiger charge is 2.59. The van der Waals surface area contributed by atoms with Crippen molar-refractivity contribution in [3.63, 3.8) is 0 Å². The van der Waals surface area contributed by atoms with E-state index in [1.165, 1.54) is 31.0 Å². The highest BCUT2D eigenvalue weighted by molar-refractivity contribution is 5.94. The first-order chi connectivity index (χ1) is 14.8. The standard InChI is InChI=1S/C24H32F2N2O3/c1-24(25,26)15-4-3-5-16(12-15)27-22(30)11-10-21(29)23-19-13-28(14-20(19)23)17-6-8-18(31-2)9-7-17/h3-5,12,17-20,23H,6-11,13-14H2,1-2H3,(H,27,30)/t17?,18?,19-,20+,23?. The van der Waals surface area contributed by atoms with Crippen LogP contribution in [0.1, 0.15) is 51.0 Å². The number of nitrogens with zero attached hydrogens (tertiary/aromatic N) is 1. The number of nitrogens with one attached hydrogen (secondary N) is 1. The zero-order valence-electron chi connectivity index (χ0n) is 18.3. The second-order valence-corrected chi connectivity index (χ2v) is 9.46. The lowest BCUT2D eigenvalue weighted by Crippen LogP contribution is -2.40. The number of ether oxygens (including phenoxy) is 1. The summed E-state index contributed by atoms with van der Waals surface area (Å²) in [5.41, 5.74) is 0.186. The number of halogens is 2. The summed E-state index contributed by atoms with van der Waals surface area (Å²) in [6.07, 6.45) is 5.27. The van der Waals surface area contributed by atoms with Gasteiger partial charge in [-0.3, -0.25) is 14.5 Å². The Morgan fingerprint density at radius 3 is 2.42 bits per heavy atom. The normalized spacial score (nSPS) is 30.6. The molecule has 3 aliphatic rings. The molecule has 0 spiro atoms. The molecule has 5 nitrogen and oxygen atoms in total. The molecule has 1 N–H and O–H groups in total. The number of rotatable bonds is 8. The summed E-state index contributed by atoms with van der Waals surface area (Å²) in [7, 11) is 1.78. The van der Waals surface area contributed by atoms with Gasteiger partial charge in [-0.15, -0.1) is 0 Å². The van der Waals surface area contributed by atoms with Gasteiger partial charge in [0.2, 0.25) is 5.91 Å². The number of amides is 1. The van der Waals surface area contributed by atoms with Crippen LogP contribution in [0.3, 0.4) is 0 Å². The maximum atomic E-state index is 13.4. The van der Waals surface area contributed by atoms with Crippen molar-refractivity contribution in [2.45, 2.75) is 63.5 Å². The molecule has 3 atom stereocenters. The van der Waals surface area contributed by atoms with E-state index in [9.17, 15) is 18.4 Å². The Morgan fingerprint density at radius 1 is 1.13 bits per heavy atom. The highest BCUT2D eigenvalue weighted by Crippen LogP contribution is 2.53. The summed E-state index contributed by atoms with van der Waals surface area (Å²) in [6, 6.07) is 6.30. The predicted molar refractivity (Wildman–Crippen MR) is 114 cm³/mol. The van der Waals surface area contributed by atoms with E-state index in [1.807, 2.05) is 0 Å². The summed E-state index contributed by atoms with van der Waals surface area (Å²) in [5.74, 6) is -2.12. The molecule has 0 radical (unpaired) electrons. The first-order valence-corrected chi connectivity index (χ1v) is 11.3. The zero-order valence-corrected chi connectivity index (χ0v) is 18.3. The summed E-state index contributed by atoms with van der Waals surface area (Å²) < 4.78 is 32.4. The smallest absolute Gasteiger partial charge is 0.270 e. The van der Waals surface area contributed by atoms with Gasteiger partial charge < -0.3 is 10.1 Å². The van der Waals surface area contributed by atoms with Crippen LogP contribution < -0.4 is 5.32 Å². The van der Waals surface area contributed by atoms with Gasteiger partial charge in [-0.25, -0.2) is 8.78 Å². The molecule has 170 valence electrons. The lowest BCUT2D eigenvalue weighted by atomic mass is 9.91. The van der Waals surface area contributed by atoms with E-state index in [0.717, 1.165) is 32.9 Å². The minimum atomic E-state index is -2.96. The monoisotopic (exact) mass is 434 g/mol. The van der Waals surface area contributed by atoms with Crippen molar-refractivity contribution in [3.05, 3.63) is 29.8 Å². The van der Waals surface area contributed by atoms with Crippen LogP contribution in [0.4, 0.5) is 14.5 Å². The first-order valence-electron chi connectivity index (χ1n) is 11.3. The highest BCUT2D eigenvalue weighted by atomic mass is 19.3. The molecule has 1 saturated heterocycles. The Labute approximate surface area is 182 Å². The second kappa shape index (κ2) is 8.94. The lowest BCUT2D eigenvalue weighted by molar-refractivity contribution is -0.124. The number of Topliss-reactive ketones (excluding diaryl/α,β-unsaturated/α-hetero) is 1. The fraction of sp³-hybridized carbons (Fsp3) is 0.667. The number of benzene rings is 1. The number of hydrogen-bond donors (Lipinski definition) is 1. The summed E-state index contributed by atoms with van der Waals surface area (Å²) in [4.78, 5) is 27.4. The van der Waals surface area contributed by atoms with Crippen LogP contribution in [0.15, 0.2) is 24.3 Å².